The van der Waals surface area contributed by atoms with Gasteiger partial charge in [-0.15, -0.1) is 0 Å². The van der Waals surface area contributed by atoms with Crippen molar-refractivity contribution in [1.82, 2.24) is 15.1 Å². The SMILES string of the molecule is CCn1ncc(N(C)CC2CCCCN2)c(Cl)c1=O. The first-order valence-electron chi connectivity index (χ1n) is 6.83. The van der Waals surface area contributed by atoms with E-state index in [0.717, 1.165) is 13.1 Å². The third-order valence-electron chi connectivity index (χ3n) is 3.58. The molecule has 0 aromatic carbocycles. The van der Waals surface area contributed by atoms with E-state index in [-0.39, 0.29) is 10.6 Å². The van der Waals surface area contributed by atoms with Gasteiger partial charge in [-0.25, -0.2) is 4.68 Å². The zero-order valence-electron chi connectivity index (χ0n) is 11.5. The minimum absolute atomic E-state index is 0.217. The quantitative estimate of drug-likeness (QED) is 0.910. The molecule has 0 spiro atoms. The van der Waals surface area contributed by atoms with E-state index in [1.165, 1.54) is 23.9 Å². The lowest BCUT2D eigenvalue weighted by Gasteiger charge is -2.29. The fourth-order valence-electron chi connectivity index (χ4n) is 2.46. The van der Waals surface area contributed by atoms with Crippen molar-refractivity contribution in [2.75, 3.05) is 25.0 Å². The Bertz CT molecular complexity index is 482. The molecular weight excluding hydrogens is 264 g/mol. The lowest BCUT2D eigenvalue weighted by atomic mass is 10.0. The van der Waals surface area contributed by atoms with E-state index in [2.05, 4.69) is 10.4 Å². The van der Waals surface area contributed by atoms with Crippen LogP contribution in [0.5, 0.6) is 0 Å². The summed E-state index contributed by atoms with van der Waals surface area (Å²) in [4.78, 5) is 14.0. The lowest BCUT2D eigenvalue weighted by Crippen LogP contribution is -2.43. The molecule has 6 heteroatoms. The molecule has 0 saturated carbocycles. The van der Waals surface area contributed by atoms with E-state index in [9.17, 15) is 4.79 Å². The molecule has 0 amide bonds. The zero-order valence-corrected chi connectivity index (χ0v) is 12.3. The largest absolute Gasteiger partial charge is 0.370 e. The van der Waals surface area contributed by atoms with Gasteiger partial charge in [0.05, 0.1) is 11.9 Å². The first-order valence-corrected chi connectivity index (χ1v) is 7.21. The number of likely N-dealkylation sites (N-methyl/N-ethyl adjacent to an activating group) is 1. The molecule has 1 N–H and O–H groups in total. The maximum Gasteiger partial charge on any atom is 0.287 e. The fraction of sp³-hybridized carbons (Fsp3) is 0.692. The highest BCUT2D eigenvalue weighted by atomic mass is 35.5. The standard InChI is InChI=1S/C13H21ClN4O/c1-3-18-13(19)12(14)11(8-16-18)17(2)9-10-6-4-5-7-15-10/h8,10,15H,3-7,9H2,1-2H3. The van der Waals surface area contributed by atoms with Gasteiger partial charge < -0.3 is 10.2 Å². The minimum atomic E-state index is -0.217. The number of anilines is 1. The molecule has 1 saturated heterocycles. The molecule has 19 heavy (non-hydrogen) atoms. The number of hydrogen-bond acceptors (Lipinski definition) is 4. The summed E-state index contributed by atoms with van der Waals surface area (Å²) < 4.78 is 1.37. The van der Waals surface area contributed by atoms with Crippen LogP contribution in [0.1, 0.15) is 26.2 Å². The summed E-state index contributed by atoms with van der Waals surface area (Å²) in [6, 6.07) is 0.462. The Hall–Kier alpha value is -1.07. The van der Waals surface area contributed by atoms with Crippen LogP contribution in [0.3, 0.4) is 0 Å². The van der Waals surface area contributed by atoms with Gasteiger partial charge in [0.1, 0.15) is 5.02 Å². The smallest absolute Gasteiger partial charge is 0.287 e. The van der Waals surface area contributed by atoms with Gasteiger partial charge in [0.25, 0.3) is 5.56 Å². The zero-order chi connectivity index (χ0) is 13.8. The molecule has 0 bridgehead atoms. The van der Waals surface area contributed by atoms with Gasteiger partial charge in [0, 0.05) is 26.2 Å². The fourth-order valence-corrected chi connectivity index (χ4v) is 2.75. The summed E-state index contributed by atoms with van der Waals surface area (Å²) in [7, 11) is 1.95. The van der Waals surface area contributed by atoms with Crippen LogP contribution in [0.25, 0.3) is 0 Å². The van der Waals surface area contributed by atoms with Crippen LogP contribution in [-0.4, -0.2) is 36.0 Å². The molecule has 0 aliphatic carbocycles. The number of piperidine rings is 1. The van der Waals surface area contributed by atoms with Crippen molar-refractivity contribution in [2.24, 2.45) is 0 Å². The summed E-state index contributed by atoms with van der Waals surface area (Å²) >= 11 is 6.15. The summed E-state index contributed by atoms with van der Waals surface area (Å²) in [6.45, 7) is 4.33. The van der Waals surface area contributed by atoms with Crippen LogP contribution in [0.2, 0.25) is 5.02 Å². The third-order valence-corrected chi connectivity index (χ3v) is 3.94. The summed E-state index contributed by atoms with van der Waals surface area (Å²) in [5.74, 6) is 0. The molecule has 1 fully saturated rings. The van der Waals surface area contributed by atoms with Crippen molar-refractivity contribution in [3.8, 4) is 0 Å². The molecule has 1 aromatic heterocycles. The van der Waals surface area contributed by atoms with Crippen molar-refractivity contribution < 1.29 is 0 Å². The molecule has 1 unspecified atom stereocenters. The van der Waals surface area contributed by atoms with E-state index >= 15 is 0 Å². The molecule has 1 aliphatic heterocycles. The third kappa shape index (κ3) is 3.28. The van der Waals surface area contributed by atoms with Crippen LogP contribution in [0.15, 0.2) is 11.0 Å². The number of aromatic nitrogens is 2. The highest BCUT2D eigenvalue weighted by Crippen LogP contribution is 2.20. The number of nitrogens with zero attached hydrogens (tertiary/aromatic N) is 3. The summed E-state index contributed by atoms with van der Waals surface area (Å²) in [6.07, 6.45) is 5.35. The number of aryl methyl sites for hydroxylation is 1. The van der Waals surface area contributed by atoms with Gasteiger partial charge in [-0.05, 0) is 26.3 Å². The highest BCUT2D eigenvalue weighted by molar-refractivity contribution is 6.33. The van der Waals surface area contributed by atoms with Crippen LogP contribution in [0.4, 0.5) is 5.69 Å². The second kappa shape index (κ2) is 6.39. The second-order valence-electron chi connectivity index (χ2n) is 4.99. The summed E-state index contributed by atoms with van der Waals surface area (Å²) in [5, 5.41) is 7.88. The van der Waals surface area contributed by atoms with Crippen molar-refractivity contribution >= 4 is 17.3 Å². The maximum absolute atomic E-state index is 11.9. The average molecular weight is 285 g/mol. The molecule has 2 rings (SSSR count). The van der Waals surface area contributed by atoms with E-state index in [1.807, 2.05) is 18.9 Å². The van der Waals surface area contributed by atoms with E-state index < -0.39 is 0 Å². The molecule has 1 atom stereocenters. The van der Waals surface area contributed by atoms with Gasteiger partial charge >= 0.3 is 0 Å². The Labute approximate surface area is 118 Å². The molecule has 2 heterocycles. The Morgan fingerprint density at radius 2 is 2.37 bits per heavy atom. The number of nitrogens with one attached hydrogen (secondary N) is 1. The monoisotopic (exact) mass is 284 g/mol. The predicted octanol–water partition coefficient (Wildman–Crippen LogP) is 1.49. The number of rotatable bonds is 4. The first-order chi connectivity index (χ1) is 9.13. The van der Waals surface area contributed by atoms with Crippen molar-refractivity contribution in [3.05, 3.63) is 21.6 Å². The Morgan fingerprint density at radius 1 is 1.58 bits per heavy atom. The van der Waals surface area contributed by atoms with E-state index in [0.29, 0.717) is 18.3 Å². The van der Waals surface area contributed by atoms with Crippen molar-refractivity contribution in [3.63, 3.8) is 0 Å². The molecule has 1 aliphatic rings. The Balaban J connectivity index is 2.12. The van der Waals surface area contributed by atoms with Crippen LogP contribution >= 0.6 is 11.6 Å². The second-order valence-corrected chi connectivity index (χ2v) is 5.37. The Kier molecular flexibility index (Phi) is 4.82. The van der Waals surface area contributed by atoms with Gasteiger partial charge in [-0.3, -0.25) is 4.79 Å². The average Bonchev–Trinajstić information content (AvgIpc) is 2.42. The molecule has 1 aromatic rings. The molecular formula is C13H21ClN4O. The normalized spacial score (nSPS) is 19.4. The summed E-state index contributed by atoms with van der Waals surface area (Å²) in [5.41, 5.74) is 0.494. The lowest BCUT2D eigenvalue weighted by molar-refractivity contribution is 0.403. The maximum atomic E-state index is 11.9. The number of halogens is 1. The molecule has 106 valence electrons. The van der Waals surface area contributed by atoms with Gasteiger partial charge in [-0.1, -0.05) is 18.0 Å². The first kappa shape index (κ1) is 14.3. The van der Waals surface area contributed by atoms with Crippen LogP contribution in [0, 0.1) is 0 Å². The molecule has 5 nitrogen and oxygen atoms in total. The van der Waals surface area contributed by atoms with Crippen molar-refractivity contribution in [2.45, 2.75) is 38.8 Å². The van der Waals surface area contributed by atoms with E-state index in [4.69, 9.17) is 11.6 Å². The van der Waals surface area contributed by atoms with Crippen LogP contribution in [-0.2, 0) is 6.54 Å². The van der Waals surface area contributed by atoms with Crippen LogP contribution < -0.4 is 15.8 Å². The van der Waals surface area contributed by atoms with Gasteiger partial charge in [0.15, 0.2) is 0 Å². The van der Waals surface area contributed by atoms with E-state index in [1.54, 1.807) is 6.20 Å². The predicted molar refractivity (Wildman–Crippen MR) is 78.1 cm³/mol. The highest BCUT2D eigenvalue weighted by Gasteiger charge is 2.18. The number of hydrogen-bond donors (Lipinski definition) is 1. The topological polar surface area (TPSA) is 50.2 Å². The Morgan fingerprint density at radius 3 is 3.00 bits per heavy atom. The van der Waals surface area contributed by atoms with Crippen molar-refractivity contribution in [1.29, 1.82) is 0 Å². The molecule has 0 radical (unpaired) electrons. The van der Waals surface area contributed by atoms with Gasteiger partial charge in [0.2, 0.25) is 0 Å². The minimum Gasteiger partial charge on any atom is -0.370 e. The van der Waals surface area contributed by atoms with Gasteiger partial charge in [-0.2, -0.15) is 5.10 Å².